The number of rotatable bonds is 14. The van der Waals surface area contributed by atoms with E-state index in [0.29, 0.717) is 30.1 Å². The molecule has 232 valence electrons. The van der Waals surface area contributed by atoms with Crippen LogP contribution < -0.4 is 19.1 Å². The van der Waals surface area contributed by atoms with Gasteiger partial charge in [0.1, 0.15) is 23.3 Å². The molecule has 0 aliphatic carbocycles. The first-order chi connectivity index (χ1) is 20.3. The summed E-state index contributed by atoms with van der Waals surface area (Å²) in [7, 11) is -3.70. The standard InChI is InChI=1S/C34H44NO7P/c1-9-33(36)41-32-16-15-27(19-30(32)22(2)3)20-31-24(6)17-29(18-25(31)7)39-21-43(38,42-28-13-11-10-12-14-28)35-26(8)34(37)40-23(4)5/h10-19,22-23,26H,9,20-21H2,1-8H3,(H,35,38)/t26-,43?/m0/s1. The molecular formula is C34H44NO7P. The molecule has 0 amide bonds. The molecule has 0 saturated heterocycles. The molecule has 0 radical (unpaired) electrons. The lowest BCUT2D eigenvalue weighted by Gasteiger charge is -2.24. The lowest BCUT2D eigenvalue weighted by Crippen LogP contribution is -2.36. The van der Waals surface area contributed by atoms with Crippen LogP contribution in [0.3, 0.4) is 0 Å². The fourth-order valence-corrected chi connectivity index (χ4v) is 6.21. The fourth-order valence-electron chi connectivity index (χ4n) is 4.55. The minimum atomic E-state index is -3.70. The Bertz CT molecular complexity index is 1430. The van der Waals surface area contributed by atoms with E-state index in [4.69, 9.17) is 18.7 Å². The second-order valence-electron chi connectivity index (χ2n) is 11.3. The molecule has 3 rings (SSSR count). The van der Waals surface area contributed by atoms with Gasteiger partial charge in [-0.2, -0.15) is 0 Å². The van der Waals surface area contributed by atoms with Gasteiger partial charge in [-0.1, -0.05) is 51.1 Å². The highest BCUT2D eigenvalue weighted by molar-refractivity contribution is 7.57. The van der Waals surface area contributed by atoms with Gasteiger partial charge < -0.3 is 18.7 Å². The summed E-state index contributed by atoms with van der Waals surface area (Å²) in [6, 6.07) is 17.7. The summed E-state index contributed by atoms with van der Waals surface area (Å²) in [5, 5.41) is 2.83. The molecule has 3 aromatic carbocycles. The third-order valence-corrected chi connectivity index (χ3v) is 8.51. The summed E-state index contributed by atoms with van der Waals surface area (Å²) < 4.78 is 36.7. The summed E-state index contributed by atoms with van der Waals surface area (Å²) >= 11 is 0. The molecule has 0 spiro atoms. The van der Waals surface area contributed by atoms with Crippen LogP contribution in [0.4, 0.5) is 0 Å². The molecule has 3 aromatic rings. The molecule has 43 heavy (non-hydrogen) atoms. The summed E-state index contributed by atoms with van der Waals surface area (Å²) in [6.45, 7) is 15.0. The van der Waals surface area contributed by atoms with E-state index in [1.807, 2.05) is 44.2 Å². The van der Waals surface area contributed by atoms with Crippen molar-refractivity contribution >= 4 is 19.5 Å². The zero-order valence-corrected chi connectivity index (χ0v) is 27.3. The number of hydrogen-bond donors (Lipinski definition) is 1. The molecule has 8 nitrogen and oxygen atoms in total. The third-order valence-electron chi connectivity index (χ3n) is 6.75. The normalized spacial score (nSPS) is 13.3. The molecule has 0 aliphatic heterocycles. The molecular weight excluding hydrogens is 565 g/mol. The van der Waals surface area contributed by atoms with Crippen molar-refractivity contribution in [2.24, 2.45) is 0 Å². The summed E-state index contributed by atoms with van der Waals surface area (Å²) in [5.74, 6) is 0.945. The van der Waals surface area contributed by atoms with E-state index in [0.717, 1.165) is 27.8 Å². The maximum atomic E-state index is 13.9. The predicted molar refractivity (Wildman–Crippen MR) is 169 cm³/mol. The highest BCUT2D eigenvalue weighted by Crippen LogP contribution is 2.44. The Kier molecular flexibility index (Phi) is 12.0. The van der Waals surface area contributed by atoms with Crippen LogP contribution in [0.5, 0.6) is 17.2 Å². The van der Waals surface area contributed by atoms with Gasteiger partial charge in [0.05, 0.1) is 6.10 Å². The SMILES string of the molecule is CCC(=O)Oc1ccc(Cc2c(C)cc(OCP(=O)(N[C@@H](C)C(=O)OC(C)C)Oc3ccccc3)cc2C)cc1C(C)C. The smallest absolute Gasteiger partial charge is 0.354 e. The molecule has 0 bridgehead atoms. The summed E-state index contributed by atoms with van der Waals surface area (Å²) in [4.78, 5) is 24.3. The molecule has 2 atom stereocenters. The second-order valence-corrected chi connectivity index (χ2v) is 13.3. The zero-order valence-electron chi connectivity index (χ0n) is 26.4. The van der Waals surface area contributed by atoms with Crippen LogP contribution >= 0.6 is 7.52 Å². The Morgan fingerprint density at radius 2 is 1.53 bits per heavy atom. The number of esters is 2. The van der Waals surface area contributed by atoms with Gasteiger partial charge in [-0.3, -0.25) is 14.2 Å². The molecule has 0 aliphatic rings. The van der Waals surface area contributed by atoms with Crippen molar-refractivity contribution in [1.29, 1.82) is 0 Å². The molecule has 9 heteroatoms. The van der Waals surface area contributed by atoms with Crippen LogP contribution in [-0.2, 0) is 25.3 Å². The van der Waals surface area contributed by atoms with Crippen molar-refractivity contribution in [2.75, 3.05) is 6.35 Å². The van der Waals surface area contributed by atoms with E-state index in [9.17, 15) is 14.2 Å². The maximum absolute atomic E-state index is 13.9. The quantitative estimate of drug-likeness (QED) is 0.112. The second kappa shape index (κ2) is 15.2. The van der Waals surface area contributed by atoms with Gasteiger partial charge in [0.25, 0.3) is 0 Å². The van der Waals surface area contributed by atoms with Crippen molar-refractivity contribution in [2.45, 2.75) is 86.3 Å². The maximum Gasteiger partial charge on any atom is 0.354 e. The lowest BCUT2D eigenvalue weighted by molar-refractivity contribution is -0.149. The Morgan fingerprint density at radius 3 is 2.12 bits per heavy atom. The van der Waals surface area contributed by atoms with Gasteiger partial charge in [0.15, 0.2) is 6.35 Å². The molecule has 0 heterocycles. The van der Waals surface area contributed by atoms with Gasteiger partial charge in [-0.25, -0.2) is 5.09 Å². The highest BCUT2D eigenvalue weighted by atomic mass is 31.2. The van der Waals surface area contributed by atoms with E-state index < -0.39 is 19.5 Å². The lowest BCUT2D eigenvalue weighted by atomic mass is 9.93. The third kappa shape index (κ3) is 9.97. The van der Waals surface area contributed by atoms with Crippen molar-refractivity contribution in [3.63, 3.8) is 0 Å². The van der Waals surface area contributed by atoms with Crippen LogP contribution in [-0.4, -0.2) is 30.4 Å². The van der Waals surface area contributed by atoms with Crippen LogP contribution in [0, 0.1) is 13.8 Å². The van der Waals surface area contributed by atoms with E-state index >= 15 is 0 Å². The van der Waals surface area contributed by atoms with E-state index in [1.54, 1.807) is 52.0 Å². The van der Waals surface area contributed by atoms with E-state index in [1.165, 1.54) is 0 Å². The Balaban J connectivity index is 1.80. The number of carbonyl (C=O) groups is 2. The Hall–Kier alpha value is -3.61. The monoisotopic (exact) mass is 609 g/mol. The minimum Gasteiger partial charge on any atom is -0.481 e. The fraction of sp³-hybridized carbons (Fsp3) is 0.412. The van der Waals surface area contributed by atoms with Gasteiger partial charge >= 0.3 is 19.5 Å². The number of ether oxygens (including phenoxy) is 3. The first kappa shape index (κ1) is 33.9. The zero-order chi connectivity index (χ0) is 31.7. The topological polar surface area (TPSA) is 100 Å². The number of hydrogen-bond acceptors (Lipinski definition) is 7. The minimum absolute atomic E-state index is 0.190. The molecule has 0 aromatic heterocycles. The van der Waals surface area contributed by atoms with Crippen molar-refractivity contribution in [3.8, 4) is 17.2 Å². The average Bonchev–Trinajstić information content (AvgIpc) is 2.94. The van der Waals surface area contributed by atoms with Crippen LogP contribution in [0.25, 0.3) is 0 Å². The summed E-state index contributed by atoms with van der Waals surface area (Å²) in [5.41, 5.74) is 5.27. The predicted octanol–water partition coefficient (Wildman–Crippen LogP) is 7.87. The number of nitrogens with one attached hydrogen (secondary N) is 1. The number of carbonyl (C=O) groups excluding carboxylic acids is 2. The van der Waals surface area contributed by atoms with Crippen LogP contribution in [0.15, 0.2) is 60.7 Å². The highest BCUT2D eigenvalue weighted by Gasteiger charge is 2.32. The van der Waals surface area contributed by atoms with E-state index in [-0.39, 0.29) is 24.3 Å². The van der Waals surface area contributed by atoms with Gasteiger partial charge in [-0.15, -0.1) is 0 Å². The Morgan fingerprint density at radius 1 is 0.884 bits per heavy atom. The largest absolute Gasteiger partial charge is 0.481 e. The van der Waals surface area contributed by atoms with Crippen molar-refractivity contribution in [1.82, 2.24) is 5.09 Å². The van der Waals surface area contributed by atoms with Gasteiger partial charge in [0.2, 0.25) is 0 Å². The first-order valence-electron chi connectivity index (χ1n) is 14.7. The van der Waals surface area contributed by atoms with Gasteiger partial charge in [0, 0.05) is 6.42 Å². The van der Waals surface area contributed by atoms with Crippen molar-refractivity contribution in [3.05, 3.63) is 88.5 Å². The Labute approximate surface area is 255 Å². The van der Waals surface area contributed by atoms with Gasteiger partial charge in [-0.05, 0) is 105 Å². The summed E-state index contributed by atoms with van der Waals surface area (Å²) in [6.07, 6.45) is 0.404. The number of benzene rings is 3. The van der Waals surface area contributed by atoms with Crippen molar-refractivity contribution < 1.29 is 32.9 Å². The number of para-hydroxylation sites is 1. The molecule has 0 fully saturated rings. The van der Waals surface area contributed by atoms with E-state index in [2.05, 4.69) is 25.0 Å². The average molecular weight is 610 g/mol. The first-order valence-corrected chi connectivity index (χ1v) is 16.5. The number of aryl methyl sites for hydroxylation is 2. The molecule has 1 N–H and O–H groups in total. The molecule has 1 unspecified atom stereocenters. The van der Waals surface area contributed by atoms with Crippen LogP contribution in [0.1, 0.15) is 81.7 Å². The molecule has 0 saturated carbocycles. The van der Waals surface area contributed by atoms with Crippen LogP contribution in [0.2, 0.25) is 0 Å².